The van der Waals surface area contributed by atoms with Crippen LogP contribution in [0, 0.1) is 0 Å². The fourth-order valence-corrected chi connectivity index (χ4v) is 4.76. The van der Waals surface area contributed by atoms with Crippen LogP contribution in [0.4, 0.5) is 11.4 Å². The summed E-state index contributed by atoms with van der Waals surface area (Å²) in [5.74, 6) is -0.217. The Hall–Kier alpha value is -3.51. The maximum absolute atomic E-state index is 13.3. The summed E-state index contributed by atoms with van der Waals surface area (Å²) in [5, 5.41) is 1.93. The molecule has 6 heteroatoms. The summed E-state index contributed by atoms with van der Waals surface area (Å²) in [6.07, 6.45) is 0.218. The molecule has 0 N–H and O–H groups in total. The fraction of sp³-hybridized carbons (Fsp3) is 0.269. The molecule has 2 fully saturated rings. The Morgan fingerprint density at radius 1 is 0.844 bits per heavy atom. The number of hydrogen-bond donors (Lipinski definition) is 0. The predicted molar refractivity (Wildman–Crippen MR) is 125 cm³/mol. The number of amides is 2. The van der Waals surface area contributed by atoms with Crippen LogP contribution >= 0.6 is 0 Å². The van der Waals surface area contributed by atoms with Gasteiger partial charge in [-0.15, -0.1) is 0 Å². The second-order valence-corrected chi connectivity index (χ2v) is 8.41. The van der Waals surface area contributed by atoms with E-state index in [1.54, 1.807) is 6.92 Å². The van der Waals surface area contributed by atoms with E-state index in [1.165, 1.54) is 4.90 Å². The topological polar surface area (TPSA) is 60.9 Å². The van der Waals surface area contributed by atoms with Gasteiger partial charge in [0, 0.05) is 42.8 Å². The van der Waals surface area contributed by atoms with Crippen molar-refractivity contribution >= 4 is 39.7 Å². The van der Waals surface area contributed by atoms with Crippen molar-refractivity contribution < 1.29 is 14.4 Å². The van der Waals surface area contributed by atoms with Gasteiger partial charge in [-0.3, -0.25) is 19.3 Å². The number of carbonyl (C=O) groups excluding carboxylic acids is 3. The second kappa shape index (κ2) is 8.20. The minimum absolute atomic E-state index is 0.0570. The van der Waals surface area contributed by atoms with Gasteiger partial charge in [-0.25, -0.2) is 4.90 Å². The second-order valence-electron chi connectivity index (χ2n) is 8.41. The van der Waals surface area contributed by atoms with Crippen molar-refractivity contribution in [3.05, 3.63) is 72.3 Å². The molecule has 2 aliphatic rings. The number of hydrogen-bond acceptors (Lipinski definition) is 5. The summed E-state index contributed by atoms with van der Waals surface area (Å²) in [4.78, 5) is 43.5. The lowest BCUT2D eigenvalue weighted by Crippen LogP contribution is -2.52. The van der Waals surface area contributed by atoms with Crippen LogP contribution in [0.5, 0.6) is 0 Å². The molecule has 2 heterocycles. The first kappa shape index (κ1) is 20.4. The van der Waals surface area contributed by atoms with Crippen LogP contribution in [0.1, 0.15) is 23.7 Å². The molecule has 1 atom stereocenters. The number of fused-ring (bicyclic) bond motifs is 1. The summed E-state index contributed by atoms with van der Waals surface area (Å²) < 4.78 is 0. The first-order valence-electron chi connectivity index (χ1n) is 11.0. The van der Waals surface area contributed by atoms with E-state index in [0.717, 1.165) is 29.5 Å². The van der Waals surface area contributed by atoms with E-state index in [0.29, 0.717) is 24.3 Å². The smallest absolute Gasteiger partial charge is 0.251 e. The third kappa shape index (κ3) is 3.56. The Morgan fingerprint density at radius 3 is 2.25 bits per heavy atom. The van der Waals surface area contributed by atoms with Crippen molar-refractivity contribution in [2.45, 2.75) is 19.4 Å². The number of rotatable bonds is 4. The number of carbonyl (C=O) groups is 3. The van der Waals surface area contributed by atoms with Crippen LogP contribution in [0.3, 0.4) is 0 Å². The van der Waals surface area contributed by atoms with Crippen LogP contribution in [-0.2, 0) is 9.59 Å². The van der Waals surface area contributed by atoms with E-state index in [4.69, 9.17) is 0 Å². The highest BCUT2D eigenvalue weighted by Gasteiger charge is 2.43. The van der Waals surface area contributed by atoms with Gasteiger partial charge in [0.15, 0.2) is 5.78 Å². The lowest BCUT2D eigenvalue weighted by molar-refractivity contribution is -0.123. The van der Waals surface area contributed by atoms with Crippen molar-refractivity contribution in [2.24, 2.45) is 0 Å². The quantitative estimate of drug-likeness (QED) is 0.471. The van der Waals surface area contributed by atoms with Gasteiger partial charge in [0.1, 0.15) is 0 Å². The standard InChI is InChI=1S/C26H25N3O3/c1-18(30)19-9-11-21(12-10-19)27-13-15-28(16-14-27)24-17-25(31)29(26(24)32)23-8-4-6-20-5-2-3-7-22(20)23/h2-12,24H,13-17H2,1H3/t24-/m0/s1. The number of Topliss-reactive ketones (excluding diaryl/α,β-unsaturated/α-hetero) is 1. The molecule has 0 aliphatic carbocycles. The summed E-state index contributed by atoms with van der Waals surface area (Å²) in [7, 11) is 0. The first-order valence-corrected chi connectivity index (χ1v) is 11.0. The van der Waals surface area contributed by atoms with Gasteiger partial charge in [-0.2, -0.15) is 0 Å². The van der Waals surface area contributed by atoms with E-state index < -0.39 is 6.04 Å². The molecular weight excluding hydrogens is 402 g/mol. The maximum atomic E-state index is 13.3. The zero-order valence-corrected chi connectivity index (χ0v) is 18.0. The molecule has 0 spiro atoms. The summed E-state index contributed by atoms with van der Waals surface area (Å²) in [6.45, 7) is 4.52. The molecule has 0 aromatic heterocycles. The summed E-state index contributed by atoms with van der Waals surface area (Å²) in [6, 6.07) is 20.8. The highest BCUT2D eigenvalue weighted by molar-refractivity contribution is 6.25. The number of imide groups is 1. The Labute approximate surface area is 187 Å². The molecule has 0 saturated carbocycles. The zero-order chi connectivity index (χ0) is 22.2. The fourth-order valence-electron chi connectivity index (χ4n) is 4.76. The molecule has 5 rings (SSSR count). The molecule has 6 nitrogen and oxygen atoms in total. The van der Waals surface area contributed by atoms with E-state index in [-0.39, 0.29) is 24.0 Å². The van der Waals surface area contributed by atoms with Crippen molar-refractivity contribution in [1.29, 1.82) is 0 Å². The highest BCUT2D eigenvalue weighted by Crippen LogP contribution is 2.32. The average Bonchev–Trinajstić information content (AvgIpc) is 3.12. The lowest BCUT2D eigenvalue weighted by atomic mass is 10.1. The van der Waals surface area contributed by atoms with Gasteiger partial charge in [-0.1, -0.05) is 36.4 Å². The normalized spacial score (nSPS) is 19.7. The molecule has 3 aromatic carbocycles. The van der Waals surface area contributed by atoms with Crippen molar-refractivity contribution in [3.8, 4) is 0 Å². The van der Waals surface area contributed by atoms with Gasteiger partial charge in [0.2, 0.25) is 5.91 Å². The Morgan fingerprint density at radius 2 is 1.53 bits per heavy atom. The zero-order valence-electron chi connectivity index (χ0n) is 18.0. The van der Waals surface area contributed by atoms with Gasteiger partial charge < -0.3 is 4.90 Å². The highest BCUT2D eigenvalue weighted by atomic mass is 16.2. The Bertz CT molecular complexity index is 1190. The number of nitrogens with zero attached hydrogens (tertiary/aromatic N) is 3. The molecule has 0 radical (unpaired) electrons. The van der Waals surface area contributed by atoms with E-state index in [1.807, 2.05) is 66.7 Å². The SMILES string of the molecule is CC(=O)c1ccc(N2CCN([C@H]3CC(=O)N(c4cccc5ccccc45)C3=O)CC2)cc1. The maximum Gasteiger partial charge on any atom is 0.251 e. The Kier molecular flexibility index (Phi) is 5.23. The van der Waals surface area contributed by atoms with Gasteiger partial charge in [0.25, 0.3) is 5.91 Å². The van der Waals surface area contributed by atoms with Crippen LogP contribution in [0.15, 0.2) is 66.7 Å². The number of piperazine rings is 1. The molecule has 3 aromatic rings. The molecule has 2 amide bonds. The van der Waals surface area contributed by atoms with Crippen LogP contribution in [0.25, 0.3) is 10.8 Å². The molecule has 2 saturated heterocycles. The summed E-state index contributed by atoms with van der Waals surface area (Å²) in [5.41, 5.74) is 2.45. The van der Waals surface area contributed by atoms with Gasteiger partial charge in [0.05, 0.1) is 18.2 Å². The molecule has 162 valence electrons. The third-order valence-electron chi connectivity index (χ3n) is 6.52. The van der Waals surface area contributed by atoms with E-state index in [2.05, 4.69) is 9.80 Å². The van der Waals surface area contributed by atoms with Crippen LogP contribution in [-0.4, -0.2) is 54.7 Å². The van der Waals surface area contributed by atoms with Crippen LogP contribution in [0.2, 0.25) is 0 Å². The first-order chi connectivity index (χ1) is 15.5. The number of ketones is 1. The van der Waals surface area contributed by atoms with E-state index in [9.17, 15) is 14.4 Å². The minimum Gasteiger partial charge on any atom is -0.369 e. The van der Waals surface area contributed by atoms with Gasteiger partial charge >= 0.3 is 0 Å². The summed E-state index contributed by atoms with van der Waals surface area (Å²) >= 11 is 0. The molecule has 0 bridgehead atoms. The van der Waals surface area contributed by atoms with E-state index >= 15 is 0 Å². The molecule has 32 heavy (non-hydrogen) atoms. The minimum atomic E-state index is -0.413. The molecule has 0 unspecified atom stereocenters. The lowest BCUT2D eigenvalue weighted by Gasteiger charge is -2.38. The van der Waals surface area contributed by atoms with Gasteiger partial charge in [-0.05, 0) is 42.6 Å². The van der Waals surface area contributed by atoms with Crippen molar-refractivity contribution in [3.63, 3.8) is 0 Å². The van der Waals surface area contributed by atoms with Crippen molar-refractivity contribution in [1.82, 2.24) is 4.90 Å². The Balaban J connectivity index is 1.30. The predicted octanol–water partition coefficient (Wildman–Crippen LogP) is 3.50. The van der Waals surface area contributed by atoms with Crippen molar-refractivity contribution in [2.75, 3.05) is 36.0 Å². The largest absolute Gasteiger partial charge is 0.369 e. The third-order valence-corrected chi connectivity index (χ3v) is 6.52. The number of anilines is 2. The number of benzene rings is 3. The molecule has 2 aliphatic heterocycles. The monoisotopic (exact) mass is 427 g/mol. The van der Waals surface area contributed by atoms with Crippen LogP contribution < -0.4 is 9.80 Å². The molecular formula is C26H25N3O3. The average molecular weight is 428 g/mol.